The van der Waals surface area contributed by atoms with E-state index in [1.165, 1.54) is 32.6 Å². The zero-order chi connectivity index (χ0) is 32.0. The number of carbonyl (C=O) groups is 1. The van der Waals surface area contributed by atoms with Crippen LogP contribution in [-0.4, -0.2) is 18.9 Å². The molecule has 0 atom stereocenters. The summed E-state index contributed by atoms with van der Waals surface area (Å²) in [4.78, 5) is 20.5. The van der Waals surface area contributed by atoms with Crippen LogP contribution >= 0.6 is 11.8 Å². The molecule has 1 aromatic heterocycles. The van der Waals surface area contributed by atoms with Crippen molar-refractivity contribution in [2.45, 2.75) is 51.0 Å². The maximum atomic E-state index is 12.9. The number of rotatable bonds is 10. The Balaban J connectivity index is 0.963. The van der Waals surface area contributed by atoms with E-state index in [2.05, 4.69) is 77.8 Å². The predicted octanol–water partition coefficient (Wildman–Crippen LogP) is 6.71. The summed E-state index contributed by atoms with van der Waals surface area (Å²) in [7, 11) is 2.13. The van der Waals surface area contributed by atoms with Crippen LogP contribution in [0.1, 0.15) is 48.2 Å². The lowest BCUT2D eigenvalue weighted by Crippen LogP contribution is -2.82. The van der Waals surface area contributed by atoms with E-state index >= 15 is 0 Å². The molecule has 5 aromatic rings. The predicted molar refractivity (Wildman–Crippen MR) is 186 cm³/mol. The Morgan fingerprint density at radius 3 is 2.39 bits per heavy atom. The van der Waals surface area contributed by atoms with Gasteiger partial charge in [0.1, 0.15) is 12.2 Å². The van der Waals surface area contributed by atoms with Crippen molar-refractivity contribution in [1.29, 1.82) is 0 Å². The van der Waals surface area contributed by atoms with Gasteiger partial charge in [0.15, 0.2) is 11.4 Å². The number of aliphatic imine (C=N–C) groups is 1. The van der Waals surface area contributed by atoms with Gasteiger partial charge in [-0.2, -0.15) is 0 Å². The number of quaternary nitrogens is 1. The SMILES string of the molecule is Cc1cc(C=C2Sc3ccccc3N2C)cc(C)[n+]1CCCCCC(=O)[NH2+]c1ccc(N=C([O-])c2cccc3ccccc23)cc1. The molecular weight excluding hydrogens is 589 g/mol. The van der Waals surface area contributed by atoms with Crippen LogP contribution in [0.25, 0.3) is 16.8 Å². The zero-order valence-electron chi connectivity index (χ0n) is 26.6. The van der Waals surface area contributed by atoms with Crippen molar-refractivity contribution < 1.29 is 19.8 Å². The van der Waals surface area contributed by atoms with E-state index in [1.54, 1.807) is 23.5 Å². The van der Waals surface area contributed by atoms with Gasteiger partial charge in [0.05, 0.1) is 22.8 Å². The molecule has 0 unspecified atom stereocenters. The van der Waals surface area contributed by atoms with Gasteiger partial charge in [-0.05, 0) is 71.0 Å². The number of primary amides is 1. The van der Waals surface area contributed by atoms with Crippen molar-refractivity contribution in [3.05, 3.63) is 131 Å². The van der Waals surface area contributed by atoms with Gasteiger partial charge >= 0.3 is 5.91 Å². The lowest BCUT2D eigenvalue weighted by atomic mass is 10.0. The lowest BCUT2D eigenvalue weighted by molar-refractivity contribution is -0.709. The highest BCUT2D eigenvalue weighted by atomic mass is 32.2. The highest BCUT2D eigenvalue weighted by Gasteiger charge is 2.22. The first kappa shape index (κ1) is 31.3. The fourth-order valence-corrected chi connectivity index (χ4v) is 7.13. The van der Waals surface area contributed by atoms with E-state index < -0.39 is 0 Å². The molecule has 1 aliphatic rings. The molecule has 1 amide bonds. The Morgan fingerprint density at radius 2 is 1.61 bits per heavy atom. The first-order chi connectivity index (χ1) is 22.4. The second-order valence-corrected chi connectivity index (χ2v) is 12.9. The minimum Gasteiger partial charge on any atom is -0.858 e. The van der Waals surface area contributed by atoms with Gasteiger partial charge in [-0.3, -0.25) is 10.3 Å². The molecule has 0 radical (unpaired) electrons. The number of anilines is 1. The molecule has 0 saturated heterocycles. The highest BCUT2D eigenvalue weighted by molar-refractivity contribution is 8.03. The third-order valence-electron chi connectivity index (χ3n) is 8.44. The van der Waals surface area contributed by atoms with Crippen molar-refractivity contribution in [2.24, 2.45) is 4.99 Å². The van der Waals surface area contributed by atoms with Gasteiger partial charge in [0.25, 0.3) is 0 Å². The summed E-state index contributed by atoms with van der Waals surface area (Å²) in [5.74, 6) is -0.158. The van der Waals surface area contributed by atoms with Crippen molar-refractivity contribution >= 4 is 57.5 Å². The molecule has 0 aliphatic carbocycles. The van der Waals surface area contributed by atoms with Crippen LogP contribution in [-0.2, 0) is 11.3 Å². The van der Waals surface area contributed by atoms with Crippen molar-refractivity contribution in [1.82, 2.24) is 0 Å². The molecule has 4 aromatic carbocycles. The van der Waals surface area contributed by atoms with Crippen molar-refractivity contribution in [3.63, 3.8) is 0 Å². The molecule has 232 valence electrons. The van der Waals surface area contributed by atoms with Crippen molar-refractivity contribution in [3.8, 4) is 0 Å². The number of amides is 1. The van der Waals surface area contributed by atoms with Crippen LogP contribution in [0.5, 0.6) is 0 Å². The highest BCUT2D eigenvalue weighted by Crippen LogP contribution is 2.45. The number of fused-ring (bicyclic) bond motifs is 2. The zero-order valence-corrected chi connectivity index (χ0v) is 27.4. The number of nitrogens with zero attached hydrogens (tertiary/aromatic N) is 3. The lowest BCUT2D eigenvalue weighted by Gasteiger charge is -2.13. The van der Waals surface area contributed by atoms with Gasteiger partial charge in [0, 0.05) is 56.5 Å². The molecule has 0 bridgehead atoms. The number of unbranched alkanes of at least 4 members (excludes halogenated alkanes) is 2. The molecule has 0 spiro atoms. The van der Waals surface area contributed by atoms with Crippen molar-refractivity contribution in [2.75, 3.05) is 11.9 Å². The minimum atomic E-state index is -0.274. The first-order valence-electron chi connectivity index (χ1n) is 15.8. The number of aromatic nitrogens is 1. The van der Waals surface area contributed by atoms with Crippen LogP contribution < -0.4 is 19.9 Å². The number of hydrogen-bond donors (Lipinski definition) is 1. The average molecular weight is 628 g/mol. The van der Waals surface area contributed by atoms with Crippen LogP contribution in [0.15, 0.2) is 118 Å². The third kappa shape index (κ3) is 7.22. The van der Waals surface area contributed by atoms with Gasteiger partial charge in [0.2, 0.25) is 0 Å². The number of para-hydroxylation sites is 1. The average Bonchev–Trinajstić information content (AvgIpc) is 3.37. The summed E-state index contributed by atoms with van der Waals surface area (Å²) < 4.78 is 2.37. The van der Waals surface area contributed by atoms with Gasteiger partial charge in [-0.1, -0.05) is 66.4 Å². The Kier molecular flexibility index (Phi) is 9.62. The molecule has 2 N–H and O–H groups in total. The Bertz CT molecular complexity index is 1920. The van der Waals surface area contributed by atoms with E-state index in [9.17, 15) is 9.90 Å². The topological polar surface area (TPSA) is 76.2 Å². The number of benzene rings is 4. The second-order valence-electron chi connectivity index (χ2n) is 11.8. The second kappa shape index (κ2) is 14.1. The Hall–Kier alpha value is -4.72. The number of carbonyl (C=O) groups excluding carboxylic acids is 1. The van der Waals surface area contributed by atoms with E-state index in [0.29, 0.717) is 17.7 Å². The van der Waals surface area contributed by atoms with Gasteiger partial charge < -0.3 is 10.0 Å². The van der Waals surface area contributed by atoms with E-state index in [1.807, 2.05) is 60.3 Å². The summed E-state index contributed by atoms with van der Waals surface area (Å²) in [6, 6.07) is 33.8. The monoisotopic (exact) mass is 627 g/mol. The molecule has 1 aliphatic heterocycles. The standard InChI is InChI=1S/C39H38N4O2S/c1-27-24-29(26-38-42(3)35-16-8-9-17-36(35)46-38)25-28(2)43(27)23-10-4-5-18-37(44)40-31-19-21-32(22-20-31)41-39(45)34-15-11-13-30-12-6-7-14-33(30)34/h6-9,11-17,19-22,24-26H,4-5,10,18,23H2,1-3H3,(H-,40,41,44,45)/p+1. The van der Waals surface area contributed by atoms with Crippen LogP contribution in [0.4, 0.5) is 17.1 Å². The summed E-state index contributed by atoms with van der Waals surface area (Å²) in [5.41, 5.74) is 6.94. The Morgan fingerprint density at radius 1 is 0.891 bits per heavy atom. The molecule has 7 heteroatoms. The summed E-state index contributed by atoms with van der Waals surface area (Å²) in [6.45, 7) is 5.28. The molecule has 0 saturated carbocycles. The van der Waals surface area contributed by atoms with E-state index in [-0.39, 0.29) is 11.8 Å². The number of aryl methyl sites for hydroxylation is 2. The minimum absolute atomic E-state index is 0.117. The quantitative estimate of drug-likeness (QED) is 0.0615. The molecule has 0 fully saturated rings. The van der Waals surface area contributed by atoms with Crippen LogP contribution in [0.2, 0.25) is 0 Å². The number of nitrogens with two attached hydrogens (primary N) is 1. The molecule has 6 rings (SSSR count). The molecule has 2 heterocycles. The smallest absolute Gasteiger partial charge is 0.315 e. The number of thioether (sulfide) groups is 1. The molecule has 46 heavy (non-hydrogen) atoms. The Labute approximate surface area is 275 Å². The van der Waals surface area contributed by atoms with Gasteiger partial charge in [-0.15, -0.1) is 0 Å². The summed E-state index contributed by atoms with van der Waals surface area (Å²) in [5, 5.41) is 17.7. The normalized spacial score (nSPS) is 13.8. The van der Waals surface area contributed by atoms with E-state index in [0.717, 1.165) is 42.3 Å². The molecular formula is C39H39N4O2S+. The largest absolute Gasteiger partial charge is 0.858 e. The maximum absolute atomic E-state index is 12.9. The van der Waals surface area contributed by atoms with Gasteiger partial charge in [-0.25, -0.2) is 9.36 Å². The fourth-order valence-electron chi connectivity index (χ4n) is 6.02. The van der Waals surface area contributed by atoms with E-state index in [4.69, 9.17) is 0 Å². The fraction of sp³-hybridized carbons (Fsp3) is 0.205. The summed E-state index contributed by atoms with van der Waals surface area (Å²) >= 11 is 1.81. The maximum Gasteiger partial charge on any atom is 0.315 e. The third-order valence-corrected chi connectivity index (χ3v) is 9.61. The number of pyridine rings is 1. The van der Waals surface area contributed by atoms with Crippen LogP contribution in [0, 0.1) is 13.8 Å². The summed E-state index contributed by atoms with van der Waals surface area (Å²) in [6.07, 6.45) is 5.66. The number of hydrogen-bond acceptors (Lipinski definition) is 5. The molecule has 6 nitrogen and oxygen atoms in total. The van der Waals surface area contributed by atoms with Crippen LogP contribution in [0.3, 0.4) is 0 Å². The first-order valence-corrected chi connectivity index (χ1v) is 16.6.